The van der Waals surface area contributed by atoms with Gasteiger partial charge in [0.1, 0.15) is 0 Å². The third-order valence-electron chi connectivity index (χ3n) is 4.68. The Morgan fingerprint density at radius 3 is 2.35 bits per heavy atom. The molecule has 1 aromatic carbocycles. The lowest BCUT2D eigenvalue weighted by Gasteiger charge is -2.49. The Bertz CT molecular complexity index is 467. The Hall–Kier alpha value is -0.770. The average Bonchev–Trinajstić information content (AvgIpc) is 2.32. The molecule has 0 spiro atoms. The molecule has 3 nitrogen and oxygen atoms in total. The van der Waals surface area contributed by atoms with Gasteiger partial charge in [-0.1, -0.05) is 17.7 Å². The second kappa shape index (κ2) is 5.92. The summed E-state index contributed by atoms with van der Waals surface area (Å²) in [7, 11) is 6.50. The van der Waals surface area contributed by atoms with Gasteiger partial charge < -0.3 is 15.5 Å². The van der Waals surface area contributed by atoms with Crippen LogP contribution in [0.15, 0.2) is 18.2 Å². The molecule has 0 heterocycles. The molecular formula is C16H26ClN3. The SMILES string of the molecule is CC(N)c1ccc(N(C)CC2(N(C)C)CCC2)cc1Cl. The van der Waals surface area contributed by atoms with Crippen LogP contribution in [0.3, 0.4) is 0 Å². The number of rotatable bonds is 5. The maximum Gasteiger partial charge on any atom is 0.0474 e. The monoisotopic (exact) mass is 295 g/mol. The quantitative estimate of drug-likeness (QED) is 0.905. The van der Waals surface area contributed by atoms with E-state index in [0.29, 0.717) is 5.54 Å². The van der Waals surface area contributed by atoms with Crippen molar-refractivity contribution < 1.29 is 0 Å². The summed E-state index contributed by atoms with van der Waals surface area (Å²) in [4.78, 5) is 4.67. The van der Waals surface area contributed by atoms with Crippen LogP contribution >= 0.6 is 11.6 Å². The largest absolute Gasteiger partial charge is 0.373 e. The van der Waals surface area contributed by atoms with Gasteiger partial charge in [-0.2, -0.15) is 0 Å². The lowest BCUT2D eigenvalue weighted by Crippen LogP contribution is -2.56. The van der Waals surface area contributed by atoms with Crippen molar-refractivity contribution in [2.45, 2.75) is 37.8 Å². The van der Waals surface area contributed by atoms with Gasteiger partial charge in [0.05, 0.1) is 0 Å². The van der Waals surface area contributed by atoms with Crippen LogP contribution in [0, 0.1) is 0 Å². The number of hydrogen-bond acceptors (Lipinski definition) is 3. The number of benzene rings is 1. The van der Waals surface area contributed by atoms with Crippen LogP contribution in [0.5, 0.6) is 0 Å². The van der Waals surface area contributed by atoms with E-state index in [-0.39, 0.29) is 6.04 Å². The molecule has 0 bridgehead atoms. The normalized spacial score (nSPS) is 18.8. The van der Waals surface area contributed by atoms with Gasteiger partial charge in [-0.25, -0.2) is 0 Å². The third kappa shape index (κ3) is 2.95. The molecule has 1 atom stereocenters. The average molecular weight is 296 g/mol. The highest BCUT2D eigenvalue weighted by Gasteiger charge is 2.39. The van der Waals surface area contributed by atoms with Crippen molar-refractivity contribution in [2.24, 2.45) is 5.73 Å². The van der Waals surface area contributed by atoms with Crippen LogP contribution in [-0.2, 0) is 0 Å². The molecule has 1 aromatic rings. The van der Waals surface area contributed by atoms with E-state index in [4.69, 9.17) is 17.3 Å². The molecule has 2 rings (SSSR count). The molecule has 1 aliphatic rings. The molecule has 0 amide bonds. The summed E-state index contributed by atoms with van der Waals surface area (Å²) in [5.41, 5.74) is 8.40. The van der Waals surface area contributed by atoms with Gasteiger partial charge in [0.25, 0.3) is 0 Å². The number of likely N-dealkylation sites (N-methyl/N-ethyl adjacent to an activating group) is 2. The number of nitrogens with two attached hydrogens (primary N) is 1. The lowest BCUT2D eigenvalue weighted by atomic mass is 9.75. The standard InChI is InChI=1S/C16H26ClN3/c1-12(18)14-7-6-13(10-15(14)17)20(4)11-16(19(2)3)8-5-9-16/h6-7,10,12H,5,8-9,11,18H2,1-4H3. The smallest absolute Gasteiger partial charge is 0.0474 e. The van der Waals surface area contributed by atoms with E-state index in [1.165, 1.54) is 19.3 Å². The van der Waals surface area contributed by atoms with E-state index in [2.05, 4.69) is 37.0 Å². The predicted octanol–water partition coefficient (Wildman–Crippen LogP) is 3.28. The van der Waals surface area contributed by atoms with E-state index in [0.717, 1.165) is 22.8 Å². The fourth-order valence-corrected chi connectivity index (χ4v) is 3.33. The van der Waals surface area contributed by atoms with Gasteiger partial charge in [-0.3, -0.25) is 0 Å². The number of hydrogen-bond donors (Lipinski definition) is 1. The highest BCUT2D eigenvalue weighted by molar-refractivity contribution is 6.31. The Kier molecular flexibility index (Phi) is 4.62. The number of anilines is 1. The lowest BCUT2D eigenvalue weighted by molar-refractivity contribution is 0.0683. The Morgan fingerprint density at radius 2 is 1.95 bits per heavy atom. The summed E-state index contributed by atoms with van der Waals surface area (Å²) in [6.07, 6.45) is 3.88. The molecule has 1 aliphatic carbocycles. The first-order valence-electron chi connectivity index (χ1n) is 7.29. The van der Waals surface area contributed by atoms with Gasteiger partial charge in [0.15, 0.2) is 0 Å². The molecule has 1 saturated carbocycles. The summed E-state index contributed by atoms with van der Waals surface area (Å²) in [5, 5.41) is 0.761. The minimum absolute atomic E-state index is 0.0263. The van der Waals surface area contributed by atoms with Gasteiger partial charge in [-0.05, 0) is 58.0 Å². The van der Waals surface area contributed by atoms with Crippen LogP contribution in [0.25, 0.3) is 0 Å². The summed E-state index contributed by atoms with van der Waals surface area (Å²) in [6, 6.07) is 6.16. The van der Waals surface area contributed by atoms with Crippen molar-refractivity contribution >= 4 is 17.3 Å². The van der Waals surface area contributed by atoms with Crippen molar-refractivity contribution in [2.75, 3.05) is 32.6 Å². The Labute approximate surface area is 127 Å². The third-order valence-corrected chi connectivity index (χ3v) is 5.01. The van der Waals surface area contributed by atoms with Crippen molar-refractivity contribution in [1.82, 2.24) is 4.90 Å². The van der Waals surface area contributed by atoms with Crippen molar-refractivity contribution in [3.63, 3.8) is 0 Å². The topological polar surface area (TPSA) is 32.5 Å². The van der Waals surface area contributed by atoms with Gasteiger partial charge in [0.2, 0.25) is 0 Å². The molecule has 20 heavy (non-hydrogen) atoms. The Morgan fingerprint density at radius 1 is 1.30 bits per heavy atom. The molecule has 0 saturated heterocycles. The summed E-state index contributed by atoms with van der Waals surface area (Å²) >= 11 is 6.33. The zero-order chi connectivity index (χ0) is 14.9. The van der Waals surface area contributed by atoms with E-state index < -0.39 is 0 Å². The molecular weight excluding hydrogens is 270 g/mol. The summed E-state index contributed by atoms with van der Waals surface area (Å²) < 4.78 is 0. The van der Waals surface area contributed by atoms with E-state index in [1.54, 1.807) is 0 Å². The van der Waals surface area contributed by atoms with Crippen molar-refractivity contribution in [1.29, 1.82) is 0 Å². The minimum Gasteiger partial charge on any atom is -0.373 e. The first kappa shape index (κ1) is 15.6. The zero-order valence-electron chi connectivity index (χ0n) is 13.0. The molecule has 1 unspecified atom stereocenters. The maximum absolute atomic E-state index is 6.33. The highest BCUT2D eigenvalue weighted by atomic mass is 35.5. The van der Waals surface area contributed by atoms with Crippen LogP contribution in [0.1, 0.15) is 37.8 Å². The molecule has 1 fully saturated rings. The fraction of sp³-hybridized carbons (Fsp3) is 0.625. The fourth-order valence-electron chi connectivity index (χ4n) is 2.99. The van der Waals surface area contributed by atoms with Crippen LogP contribution in [0.2, 0.25) is 5.02 Å². The highest BCUT2D eigenvalue weighted by Crippen LogP contribution is 2.38. The minimum atomic E-state index is -0.0263. The number of nitrogens with zero attached hydrogens (tertiary/aromatic N) is 2. The van der Waals surface area contributed by atoms with Crippen molar-refractivity contribution in [3.05, 3.63) is 28.8 Å². The van der Waals surface area contributed by atoms with Gasteiger partial charge in [-0.15, -0.1) is 0 Å². The van der Waals surface area contributed by atoms with E-state index in [9.17, 15) is 0 Å². The van der Waals surface area contributed by atoms with Crippen LogP contribution in [-0.4, -0.2) is 38.1 Å². The summed E-state index contributed by atoms with van der Waals surface area (Å²) in [6.45, 7) is 2.99. The van der Waals surface area contributed by atoms with E-state index >= 15 is 0 Å². The van der Waals surface area contributed by atoms with E-state index in [1.807, 2.05) is 19.1 Å². The van der Waals surface area contributed by atoms with Gasteiger partial charge in [0, 0.05) is 35.9 Å². The first-order chi connectivity index (χ1) is 9.35. The van der Waals surface area contributed by atoms with Gasteiger partial charge >= 0.3 is 0 Å². The summed E-state index contributed by atoms with van der Waals surface area (Å²) in [5.74, 6) is 0. The van der Waals surface area contributed by atoms with Crippen LogP contribution in [0.4, 0.5) is 5.69 Å². The maximum atomic E-state index is 6.33. The van der Waals surface area contributed by atoms with Crippen molar-refractivity contribution in [3.8, 4) is 0 Å². The zero-order valence-corrected chi connectivity index (χ0v) is 13.7. The molecule has 0 radical (unpaired) electrons. The van der Waals surface area contributed by atoms with Crippen LogP contribution < -0.4 is 10.6 Å². The predicted molar refractivity (Wildman–Crippen MR) is 87.6 cm³/mol. The molecule has 2 N–H and O–H groups in total. The second-order valence-electron chi connectivity index (χ2n) is 6.32. The number of halogens is 1. The molecule has 112 valence electrons. The second-order valence-corrected chi connectivity index (χ2v) is 6.73. The molecule has 4 heteroatoms. The Balaban J connectivity index is 2.13. The first-order valence-corrected chi connectivity index (χ1v) is 7.67. The molecule has 0 aromatic heterocycles. The molecule has 0 aliphatic heterocycles.